The number of carbonyl (C=O) groups is 2. The molecule has 9 rings (SSSR count). The molecule has 10 heteroatoms. The summed E-state index contributed by atoms with van der Waals surface area (Å²) in [6.45, 7) is 0.505. The molecule has 4 heterocycles. The summed E-state index contributed by atoms with van der Waals surface area (Å²) in [5.41, 5.74) is 7.93. The van der Waals surface area contributed by atoms with Gasteiger partial charge in [-0.3, -0.25) is 29.4 Å². The molecule has 0 saturated carbocycles. The molecule has 4 aliphatic heterocycles. The van der Waals surface area contributed by atoms with E-state index in [-0.39, 0.29) is 37.1 Å². The number of hydrogen-bond acceptors (Lipinski definition) is 8. The highest BCUT2D eigenvalue weighted by atomic mass is 16.5. The number of para-hydroxylation sites is 2. The summed E-state index contributed by atoms with van der Waals surface area (Å²) in [5.74, 6) is 1.65. The Kier molecular flexibility index (Phi) is 7.72. The SMILES string of the molecule is COc1cc2c(cc1OCc1cccc(COc3cc4c(cc3OC)C(=O)N3c5ccccc5CC3C=N4)c1)N=CC1Cc3ccccc3N1C2=O. The maximum Gasteiger partial charge on any atom is 0.261 e. The van der Waals surface area contributed by atoms with Crippen LogP contribution in [0.3, 0.4) is 0 Å². The van der Waals surface area contributed by atoms with E-state index in [1.165, 1.54) is 0 Å². The first kappa shape index (κ1) is 31.6. The van der Waals surface area contributed by atoms with E-state index in [1.807, 2.05) is 82.9 Å². The Labute approximate surface area is 300 Å². The molecule has 0 saturated heterocycles. The molecule has 5 aromatic carbocycles. The van der Waals surface area contributed by atoms with Gasteiger partial charge in [-0.15, -0.1) is 0 Å². The lowest BCUT2D eigenvalue weighted by atomic mass is 10.1. The molecular formula is C42H34N4O6. The third-order valence-electron chi connectivity index (χ3n) is 10.0. The first-order valence-electron chi connectivity index (χ1n) is 17.2. The second-order valence-electron chi connectivity index (χ2n) is 13.1. The van der Waals surface area contributed by atoms with Crippen LogP contribution in [0.2, 0.25) is 0 Å². The number of ether oxygens (including phenoxy) is 4. The fourth-order valence-electron chi connectivity index (χ4n) is 7.51. The number of carbonyl (C=O) groups excluding carboxylic acids is 2. The molecule has 10 nitrogen and oxygen atoms in total. The molecule has 2 atom stereocenters. The van der Waals surface area contributed by atoms with Crippen molar-refractivity contribution in [3.63, 3.8) is 0 Å². The number of fused-ring (bicyclic) bond motifs is 8. The van der Waals surface area contributed by atoms with Gasteiger partial charge in [0.25, 0.3) is 11.8 Å². The maximum absolute atomic E-state index is 13.8. The van der Waals surface area contributed by atoms with Crippen molar-refractivity contribution in [1.29, 1.82) is 0 Å². The van der Waals surface area contributed by atoms with Gasteiger partial charge in [-0.1, -0.05) is 54.6 Å². The van der Waals surface area contributed by atoms with Crippen LogP contribution in [0.4, 0.5) is 22.7 Å². The highest BCUT2D eigenvalue weighted by Crippen LogP contribution is 2.43. The lowest BCUT2D eigenvalue weighted by molar-refractivity contribution is 0.0978. The van der Waals surface area contributed by atoms with Gasteiger partial charge in [0.2, 0.25) is 0 Å². The third kappa shape index (κ3) is 5.35. The molecule has 2 unspecified atom stereocenters. The summed E-state index contributed by atoms with van der Waals surface area (Å²) in [7, 11) is 3.12. The molecule has 0 fully saturated rings. The largest absolute Gasteiger partial charge is 0.493 e. The summed E-state index contributed by atoms with van der Waals surface area (Å²) in [4.78, 5) is 40.6. The summed E-state index contributed by atoms with van der Waals surface area (Å²) in [6.07, 6.45) is 5.13. The van der Waals surface area contributed by atoms with Gasteiger partial charge in [0.1, 0.15) is 13.2 Å². The van der Waals surface area contributed by atoms with E-state index in [0.29, 0.717) is 45.5 Å². The molecule has 0 aliphatic carbocycles. The second kappa shape index (κ2) is 12.7. The van der Waals surface area contributed by atoms with Crippen molar-refractivity contribution in [2.75, 3.05) is 24.0 Å². The molecule has 258 valence electrons. The minimum atomic E-state index is -0.144. The average Bonchev–Trinajstić information content (AvgIpc) is 3.67. The minimum absolute atomic E-state index is 0.115. The van der Waals surface area contributed by atoms with Crippen molar-refractivity contribution in [1.82, 2.24) is 0 Å². The maximum atomic E-state index is 13.8. The van der Waals surface area contributed by atoms with Gasteiger partial charge >= 0.3 is 0 Å². The lowest BCUT2D eigenvalue weighted by Crippen LogP contribution is -2.37. The van der Waals surface area contributed by atoms with E-state index in [9.17, 15) is 9.59 Å². The summed E-state index contributed by atoms with van der Waals surface area (Å²) in [5, 5.41) is 0. The average molecular weight is 691 g/mol. The first-order chi connectivity index (χ1) is 25.5. The van der Waals surface area contributed by atoms with Gasteiger partial charge in [-0.2, -0.15) is 0 Å². The zero-order valence-corrected chi connectivity index (χ0v) is 28.6. The topological polar surface area (TPSA) is 102 Å². The highest BCUT2D eigenvalue weighted by Gasteiger charge is 2.38. The van der Waals surface area contributed by atoms with Gasteiger partial charge in [0.05, 0.1) is 48.8 Å². The number of nitrogens with zero attached hydrogens (tertiary/aromatic N) is 4. The second-order valence-corrected chi connectivity index (χ2v) is 13.1. The van der Waals surface area contributed by atoms with Crippen LogP contribution in [-0.2, 0) is 26.1 Å². The Morgan fingerprint density at radius 1 is 0.577 bits per heavy atom. The minimum Gasteiger partial charge on any atom is -0.493 e. The fourth-order valence-corrected chi connectivity index (χ4v) is 7.51. The van der Waals surface area contributed by atoms with Gasteiger partial charge in [-0.25, -0.2) is 0 Å². The van der Waals surface area contributed by atoms with Crippen molar-refractivity contribution in [2.24, 2.45) is 9.98 Å². The lowest BCUT2D eigenvalue weighted by Gasteiger charge is -2.22. The Hall–Kier alpha value is -6.42. The van der Waals surface area contributed by atoms with Crippen molar-refractivity contribution in [2.45, 2.75) is 38.1 Å². The molecular weight excluding hydrogens is 656 g/mol. The number of rotatable bonds is 8. The highest BCUT2D eigenvalue weighted by molar-refractivity contribution is 6.15. The van der Waals surface area contributed by atoms with Gasteiger partial charge < -0.3 is 18.9 Å². The number of anilines is 2. The van der Waals surface area contributed by atoms with E-state index in [0.717, 1.165) is 46.5 Å². The molecule has 0 spiro atoms. The van der Waals surface area contributed by atoms with Crippen LogP contribution in [0.15, 0.2) is 107 Å². The van der Waals surface area contributed by atoms with Crippen molar-refractivity contribution in [3.05, 3.63) is 130 Å². The number of hydrogen-bond donors (Lipinski definition) is 0. The van der Waals surface area contributed by atoms with Crippen LogP contribution in [0.1, 0.15) is 43.0 Å². The molecule has 5 aromatic rings. The van der Waals surface area contributed by atoms with E-state index in [1.54, 1.807) is 38.5 Å². The van der Waals surface area contributed by atoms with Crippen molar-refractivity contribution in [3.8, 4) is 23.0 Å². The van der Waals surface area contributed by atoms with Crippen molar-refractivity contribution < 1.29 is 28.5 Å². The van der Waals surface area contributed by atoms with Gasteiger partial charge in [0.15, 0.2) is 23.0 Å². The van der Waals surface area contributed by atoms with Crippen LogP contribution >= 0.6 is 0 Å². The molecule has 2 amide bonds. The van der Waals surface area contributed by atoms with E-state index < -0.39 is 0 Å². The molecule has 0 aromatic heterocycles. The molecule has 52 heavy (non-hydrogen) atoms. The third-order valence-corrected chi connectivity index (χ3v) is 10.0. The number of methoxy groups -OCH3 is 2. The smallest absolute Gasteiger partial charge is 0.261 e. The van der Waals surface area contributed by atoms with Crippen LogP contribution in [0.25, 0.3) is 0 Å². The number of benzene rings is 5. The Balaban J connectivity index is 0.908. The summed E-state index contributed by atoms with van der Waals surface area (Å²) in [6, 6.07) is 30.5. The first-order valence-corrected chi connectivity index (χ1v) is 17.2. The Morgan fingerprint density at radius 3 is 1.50 bits per heavy atom. The van der Waals surface area contributed by atoms with Crippen LogP contribution in [0.5, 0.6) is 23.0 Å². The Bertz CT molecular complexity index is 2180. The van der Waals surface area contributed by atoms with E-state index >= 15 is 0 Å². The molecule has 0 radical (unpaired) electrons. The Morgan fingerprint density at radius 2 is 1.04 bits per heavy atom. The number of aliphatic imine (C=N–C) groups is 2. The summed E-state index contributed by atoms with van der Waals surface area (Å²) < 4.78 is 23.9. The summed E-state index contributed by atoms with van der Waals surface area (Å²) >= 11 is 0. The predicted octanol–water partition coefficient (Wildman–Crippen LogP) is 7.44. The predicted molar refractivity (Wildman–Crippen MR) is 199 cm³/mol. The quantitative estimate of drug-likeness (QED) is 0.168. The van der Waals surface area contributed by atoms with Crippen LogP contribution in [0, 0.1) is 0 Å². The van der Waals surface area contributed by atoms with E-state index in [2.05, 4.69) is 12.1 Å². The molecule has 0 N–H and O–H groups in total. The molecule has 4 aliphatic rings. The number of amides is 2. The fraction of sp³-hybridized carbons (Fsp3) is 0.190. The van der Waals surface area contributed by atoms with Crippen LogP contribution in [-0.4, -0.2) is 50.5 Å². The van der Waals surface area contributed by atoms with Gasteiger partial charge in [0, 0.05) is 48.8 Å². The van der Waals surface area contributed by atoms with Crippen LogP contribution < -0.4 is 28.7 Å². The zero-order valence-electron chi connectivity index (χ0n) is 28.6. The monoisotopic (exact) mass is 690 g/mol. The standard InChI is InChI=1S/C42H34N4O6/c1-49-37-17-31-33(43-21-29-15-27-10-3-5-12-35(27)45(29)41(31)47)19-39(37)51-23-25-8-7-9-26(14-25)24-52-40-20-34-32(18-38(40)50-2)42(48)46-30(22-44-34)16-28-11-4-6-13-36(28)46/h3-14,17-22,29-30H,15-16,23-24H2,1-2H3. The van der Waals surface area contributed by atoms with E-state index in [4.69, 9.17) is 28.9 Å². The zero-order chi connectivity index (χ0) is 35.3. The molecule has 0 bridgehead atoms. The van der Waals surface area contributed by atoms with Gasteiger partial charge in [-0.05, 0) is 52.6 Å². The van der Waals surface area contributed by atoms with Crippen molar-refractivity contribution >= 4 is 47.0 Å². The normalized spacial score (nSPS) is 17.7.